The number of aryl methyl sites for hydroxylation is 1. The van der Waals surface area contributed by atoms with Gasteiger partial charge in [-0.2, -0.15) is 0 Å². The van der Waals surface area contributed by atoms with Crippen molar-refractivity contribution in [2.24, 2.45) is 5.92 Å². The number of imidazole rings is 1. The van der Waals surface area contributed by atoms with Crippen molar-refractivity contribution < 1.29 is 0 Å². The normalized spacial score (nSPS) is 24.6. The summed E-state index contributed by atoms with van der Waals surface area (Å²) in [5, 5.41) is 3.42. The first kappa shape index (κ1) is 11.2. The van der Waals surface area contributed by atoms with Crippen LogP contribution in [0.1, 0.15) is 24.2 Å². The summed E-state index contributed by atoms with van der Waals surface area (Å²) in [7, 11) is 0. The molecule has 4 heteroatoms. The molecule has 3 rings (SSSR count). The fraction of sp³-hybridized carbons (Fsp3) is 0.462. The molecule has 2 heterocycles. The van der Waals surface area contributed by atoms with Crippen LogP contribution in [0, 0.1) is 12.8 Å². The number of aromatic nitrogens is 2. The van der Waals surface area contributed by atoms with Gasteiger partial charge in [0, 0.05) is 16.9 Å². The van der Waals surface area contributed by atoms with Crippen molar-refractivity contribution in [2.45, 2.75) is 19.8 Å². The highest BCUT2D eigenvalue weighted by atomic mass is 79.9. The third-order valence-electron chi connectivity index (χ3n) is 3.63. The quantitative estimate of drug-likeness (QED) is 0.849. The molecule has 0 aliphatic carbocycles. The van der Waals surface area contributed by atoms with Crippen LogP contribution in [0.4, 0.5) is 0 Å². The lowest BCUT2D eigenvalue weighted by atomic mass is 9.98. The second-order valence-electron chi connectivity index (χ2n) is 4.98. The smallest absolute Gasteiger partial charge is 0.111 e. The molecule has 1 fully saturated rings. The molecule has 0 amide bonds. The Morgan fingerprint density at radius 2 is 2.18 bits per heavy atom. The first-order valence-corrected chi connectivity index (χ1v) is 6.81. The summed E-state index contributed by atoms with van der Waals surface area (Å²) in [5.74, 6) is 2.29. The highest BCUT2D eigenvalue weighted by Gasteiger charge is 2.27. The van der Waals surface area contributed by atoms with E-state index < -0.39 is 0 Å². The summed E-state index contributed by atoms with van der Waals surface area (Å²) in [6.07, 6.45) is 0. The Hall–Kier alpha value is -0.870. The van der Waals surface area contributed by atoms with E-state index in [1.54, 1.807) is 0 Å². The van der Waals surface area contributed by atoms with E-state index in [2.05, 4.69) is 52.2 Å². The minimum absolute atomic E-state index is 0.514. The van der Waals surface area contributed by atoms with E-state index in [-0.39, 0.29) is 0 Å². The van der Waals surface area contributed by atoms with Gasteiger partial charge in [0.2, 0.25) is 0 Å². The maximum atomic E-state index is 4.77. The SMILES string of the molecule is Cc1cc(Br)cc2[nH]c(C3CNCC3C)nc12. The highest BCUT2D eigenvalue weighted by Crippen LogP contribution is 2.29. The number of rotatable bonds is 1. The van der Waals surface area contributed by atoms with Gasteiger partial charge in [-0.15, -0.1) is 0 Å². The monoisotopic (exact) mass is 293 g/mol. The summed E-state index contributed by atoms with van der Waals surface area (Å²) in [6, 6.07) is 4.22. The fourth-order valence-electron chi connectivity index (χ4n) is 2.62. The van der Waals surface area contributed by atoms with Gasteiger partial charge in [-0.1, -0.05) is 22.9 Å². The van der Waals surface area contributed by atoms with Crippen molar-refractivity contribution in [1.29, 1.82) is 0 Å². The van der Waals surface area contributed by atoms with Crippen LogP contribution in [0.5, 0.6) is 0 Å². The standard InChI is InChI=1S/C13H16BrN3/c1-7-3-9(14)4-11-12(7)17-13(16-11)10-6-15-5-8(10)2/h3-4,8,10,15H,5-6H2,1-2H3,(H,16,17). The van der Waals surface area contributed by atoms with Crippen LogP contribution >= 0.6 is 15.9 Å². The molecule has 0 bridgehead atoms. The van der Waals surface area contributed by atoms with Crippen molar-refractivity contribution >= 4 is 27.0 Å². The number of hydrogen-bond acceptors (Lipinski definition) is 2. The summed E-state index contributed by atoms with van der Waals surface area (Å²) < 4.78 is 1.11. The van der Waals surface area contributed by atoms with Crippen molar-refractivity contribution in [2.75, 3.05) is 13.1 Å². The maximum absolute atomic E-state index is 4.77. The number of hydrogen-bond donors (Lipinski definition) is 2. The van der Waals surface area contributed by atoms with Gasteiger partial charge in [-0.05, 0) is 37.1 Å². The first-order valence-electron chi connectivity index (χ1n) is 6.01. The van der Waals surface area contributed by atoms with Crippen LogP contribution in [0.2, 0.25) is 0 Å². The third kappa shape index (κ3) is 1.89. The van der Waals surface area contributed by atoms with Gasteiger partial charge in [0.1, 0.15) is 5.82 Å². The van der Waals surface area contributed by atoms with Crippen LogP contribution in [0.15, 0.2) is 16.6 Å². The lowest BCUT2D eigenvalue weighted by molar-refractivity contribution is 0.551. The van der Waals surface area contributed by atoms with E-state index in [9.17, 15) is 0 Å². The number of nitrogens with one attached hydrogen (secondary N) is 2. The van der Waals surface area contributed by atoms with Crippen molar-refractivity contribution in [3.8, 4) is 0 Å². The molecule has 3 nitrogen and oxygen atoms in total. The summed E-state index contributed by atoms with van der Waals surface area (Å²) >= 11 is 3.53. The van der Waals surface area contributed by atoms with Crippen molar-refractivity contribution in [1.82, 2.24) is 15.3 Å². The number of aromatic amines is 1. The number of fused-ring (bicyclic) bond motifs is 1. The molecule has 1 aliphatic heterocycles. The molecule has 0 radical (unpaired) electrons. The predicted octanol–water partition coefficient (Wildman–Crippen LogP) is 2.96. The lowest BCUT2D eigenvalue weighted by Gasteiger charge is -2.09. The Labute approximate surface area is 109 Å². The Kier molecular flexibility index (Phi) is 2.71. The zero-order valence-corrected chi connectivity index (χ0v) is 11.6. The van der Waals surface area contributed by atoms with Crippen molar-refractivity contribution in [3.05, 3.63) is 28.0 Å². The summed E-state index contributed by atoms with van der Waals surface area (Å²) in [5.41, 5.74) is 3.45. The third-order valence-corrected chi connectivity index (χ3v) is 4.09. The largest absolute Gasteiger partial charge is 0.342 e. The molecule has 1 aliphatic rings. The van der Waals surface area contributed by atoms with Crippen LogP contribution in [0.25, 0.3) is 11.0 Å². The van der Waals surface area contributed by atoms with E-state index in [1.807, 2.05) is 0 Å². The Morgan fingerprint density at radius 3 is 2.88 bits per heavy atom. The zero-order chi connectivity index (χ0) is 12.0. The van der Waals surface area contributed by atoms with E-state index in [0.717, 1.165) is 34.4 Å². The maximum Gasteiger partial charge on any atom is 0.111 e. The van der Waals surface area contributed by atoms with Crippen LogP contribution in [-0.4, -0.2) is 23.1 Å². The van der Waals surface area contributed by atoms with Gasteiger partial charge < -0.3 is 10.3 Å². The van der Waals surface area contributed by atoms with Gasteiger partial charge in [0.15, 0.2) is 0 Å². The minimum atomic E-state index is 0.514. The Bertz CT molecular complexity index is 561. The molecule has 0 spiro atoms. The van der Waals surface area contributed by atoms with E-state index in [0.29, 0.717) is 11.8 Å². The predicted molar refractivity (Wildman–Crippen MR) is 73.3 cm³/mol. The molecule has 2 unspecified atom stereocenters. The first-order chi connectivity index (χ1) is 8.15. The zero-order valence-electron chi connectivity index (χ0n) is 10.0. The highest BCUT2D eigenvalue weighted by molar-refractivity contribution is 9.10. The Balaban J connectivity index is 2.10. The Morgan fingerprint density at radius 1 is 1.35 bits per heavy atom. The topological polar surface area (TPSA) is 40.7 Å². The molecular weight excluding hydrogens is 278 g/mol. The van der Waals surface area contributed by atoms with Gasteiger partial charge in [-0.3, -0.25) is 0 Å². The molecule has 90 valence electrons. The molecule has 2 N–H and O–H groups in total. The summed E-state index contributed by atoms with van der Waals surface area (Å²) in [6.45, 7) is 6.50. The van der Waals surface area contributed by atoms with Crippen LogP contribution in [-0.2, 0) is 0 Å². The molecule has 2 aromatic rings. The molecule has 17 heavy (non-hydrogen) atoms. The lowest BCUT2D eigenvalue weighted by Crippen LogP contribution is -2.09. The molecule has 2 atom stereocenters. The average molecular weight is 294 g/mol. The van der Waals surface area contributed by atoms with E-state index in [1.165, 1.54) is 5.56 Å². The van der Waals surface area contributed by atoms with Gasteiger partial charge in [-0.25, -0.2) is 4.98 Å². The second kappa shape index (κ2) is 4.10. The number of halogens is 1. The molecule has 1 aromatic heterocycles. The van der Waals surface area contributed by atoms with Gasteiger partial charge >= 0.3 is 0 Å². The second-order valence-corrected chi connectivity index (χ2v) is 5.90. The van der Waals surface area contributed by atoms with E-state index in [4.69, 9.17) is 4.98 Å². The van der Waals surface area contributed by atoms with E-state index >= 15 is 0 Å². The molecule has 1 aromatic carbocycles. The van der Waals surface area contributed by atoms with Crippen LogP contribution in [0.3, 0.4) is 0 Å². The molecule has 1 saturated heterocycles. The average Bonchev–Trinajstić information content (AvgIpc) is 2.83. The minimum Gasteiger partial charge on any atom is -0.342 e. The molecular formula is C13H16BrN3. The number of benzene rings is 1. The van der Waals surface area contributed by atoms with Gasteiger partial charge in [0.25, 0.3) is 0 Å². The van der Waals surface area contributed by atoms with Crippen molar-refractivity contribution in [3.63, 3.8) is 0 Å². The number of H-pyrrole nitrogens is 1. The van der Waals surface area contributed by atoms with Crippen LogP contribution < -0.4 is 5.32 Å². The summed E-state index contributed by atoms with van der Waals surface area (Å²) in [4.78, 5) is 8.24. The van der Waals surface area contributed by atoms with Gasteiger partial charge in [0.05, 0.1) is 11.0 Å². The fourth-order valence-corrected chi connectivity index (χ4v) is 3.19. The molecule has 0 saturated carbocycles. The number of nitrogens with zero attached hydrogens (tertiary/aromatic N) is 1.